The lowest BCUT2D eigenvalue weighted by Gasteiger charge is -2.39. The van der Waals surface area contributed by atoms with Crippen molar-refractivity contribution in [2.45, 2.75) is 71.0 Å². The van der Waals surface area contributed by atoms with Crippen LogP contribution >= 0.6 is 0 Å². The quantitative estimate of drug-likeness (QED) is 0.362. The maximum Gasteiger partial charge on any atom is 0.343 e. The molecule has 2 aliphatic heterocycles. The molecule has 1 N–H and O–H groups in total. The highest BCUT2D eigenvalue weighted by atomic mass is 28.3. The molecule has 0 saturated heterocycles. The van der Waals surface area contributed by atoms with Crippen LogP contribution in [0, 0.1) is 0 Å². The summed E-state index contributed by atoms with van der Waals surface area (Å²) in [5.41, 5.74) is 2.12. The van der Waals surface area contributed by atoms with Gasteiger partial charge in [-0.2, -0.15) is 0 Å². The topological polar surface area (TPSA) is 81.4 Å². The summed E-state index contributed by atoms with van der Waals surface area (Å²) < 4.78 is 6.94. The van der Waals surface area contributed by atoms with Crippen LogP contribution in [0.2, 0.25) is 18.1 Å². The maximum atomic E-state index is 13.6. The fourth-order valence-electron chi connectivity index (χ4n) is 5.12. The summed E-state index contributed by atoms with van der Waals surface area (Å²) in [4.78, 5) is 31.0. The third-order valence-electron chi connectivity index (χ3n) is 8.09. The zero-order valence-corrected chi connectivity index (χ0v) is 21.1. The molecule has 0 amide bonds. The molecule has 4 heterocycles. The fraction of sp³-hybridized carbons (Fsp3) is 0.423. The van der Waals surface area contributed by atoms with Crippen LogP contribution < -0.4 is 10.7 Å². The van der Waals surface area contributed by atoms with Gasteiger partial charge in [0.25, 0.3) is 5.56 Å². The third-order valence-corrected chi connectivity index (χ3v) is 13.7. The van der Waals surface area contributed by atoms with Crippen LogP contribution in [0.1, 0.15) is 50.8 Å². The SMILES string of the molecule is CC[C@@]1(O)C(=O)OCc2c1cc1n(c2=O)Cc2c-1nc1ccccc1c2[Si](C)(C)C(C)(C)C. The minimum atomic E-state index is -2.02. The molecule has 1 atom stereocenters. The van der Waals surface area contributed by atoms with Crippen LogP contribution in [0.4, 0.5) is 0 Å². The molecule has 0 spiro atoms. The highest BCUT2D eigenvalue weighted by Gasteiger charge is 2.46. The highest BCUT2D eigenvalue weighted by molar-refractivity contribution is 6.94. The Morgan fingerprint density at radius 2 is 1.88 bits per heavy atom. The van der Waals surface area contributed by atoms with Gasteiger partial charge in [0, 0.05) is 5.56 Å². The van der Waals surface area contributed by atoms with Gasteiger partial charge >= 0.3 is 5.97 Å². The Kier molecular flexibility index (Phi) is 4.59. The molecule has 0 saturated carbocycles. The van der Waals surface area contributed by atoms with Gasteiger partial charge in [-0.3, -0.25) is 4.79 Å². The van der Waals surface area contributed by atoms with Crippen molar-refractivity contribution in [1.82, 2.24) is 9.55 Å². The smallest absolute Gasteiger partial charge is 0.343 e. The molecule has 0 radical (unpaired) electrons. The monoisotopic (exact) mass is 462 g/mol. The molecule has 5 rings (SSSR count). The van der Waals surface area contributed by atoms with Crippen LogP contribution in [-0.4, -0.2) is 28.7 Å². The largest absolute Gasteiger partial charge is 0.458 e. The van der Waals surface area contributed by atoms with Gasteiger partial charge in [-0.1, -0.05) is 59.0 Å². The third kappa shape index (κ3) is 2.85. The zero-order valence-electron chi connectivity index (χ0n) is 20.1. The predicted molar refractivity (Wildman–Crippen MR) is 131 cm³/mol. The Hall–Kier alpha value is -2.77. The molecule has 172 valence electrons. The fourth-order valence-corrected chi connectivity index (χ4v) is 7.70. The molecule has 3 aromatic rings. The molecule has 6 nitrogen and oxygen atoms in total. The van der Waals surface area contributed by atoms with E-state index in [2.05, 4.69) is 39.9 Å². The van der Waals surface area contributed by atoms with Crippen LogP contribution in [0.3, 0.4) is 0 Å². The number of cyclic esters (lactones) is 1. The summed E-state index contributed by atoms with van der Waals surface area (Å²) in [5, 5.41) is 13.7. The minimum Gasteiger partial charge on any atom is -0.458 e. The Morgan fingerprint density at radius 3 is 2.55 bits per heavy atom. The summed E-state index contributed by atoms with van der Waals surface area (Å²) in [5.74, 6) is -0.700. The molecule has 0 bridgehead atoms. The summed E-state index contributed by atoms with van der Waals surface area (Å²) in [6.45, 7) is 13.7. The second-order valence-electron chi connectivity index (χ2n) is 10.8. The first kappa shape index (κ1) is 22.0. The predicted octanol–water partition coefficient (Wildman–Crippen LogP) is 3.80. The molecule has 2 aromatic heterocycles. The standard InChI is InChI=1S/C26H30N2O4Si/c1-7-26(31)18-12-20-21-16(13-28(20)23(29)17(18)14-32-24(26)30)22(33(5,6)25(2,3)4)15-10-8-9-11-19(15)27-21/h8-12,31H,7,13-14H2,1-6H3/t26-/m0/s1. The number of hydrogen-bond acceptors (Lipinski definition) is 5. The van der Waals surface area contributed by atoms with Crippen molar-refractivity contribution in [3.63, 3.8) is 0 Å². The van der Waals surface area contributed by atoms with E-state index in [1.54, 1.807) is 17.6 Å². The van der Waals surface area contributed by atoms with Gasteiger partial charge in [0.1, 0.15) is 6.61 Å². The van der Waals surface area contributed by atoms with E-state index in [4.69, 9.17) is 9.72 Å². The van der Waals surface area contributed by atoms with Crippen molar-refractivity contribution in [3.8, 4) is 11.4 Å². The second-order valence-corrected chi connectivity index (χ2v) is 16.1. The van der Waals surface area contributed by atoms with Gasteiger partial charge in [-0.15, -0.1) is 0 Å². The number of pyridine rings is 2. The number of fused-ring (bicyclic) bond motifs is 5. The van der Waals surface area contributed by atoms with Gasteiger partial charge in [-0.05, 0) is 39.7 Å². The number of rotatable bonds is 2. The van der Waals surface area contributed by atoms with Gasteiger partial charge in [0.05, 0.1) is 37.1 Å². The molecule has 0 unspecified atom stereocenters. The Morgan fingerprint density at radius 1 is 1.18 bits per heavy atom. The lowest BCUT2D eigenvalue weighted by atomic mass is 9.86. The average Bonchev–Trinajstić information content (AvgIpc) is 3.12. The molecular weight excluding hydrogens is 432 g/mol. The van der Waals surface area contributed by atoms with Gasteiger partial charge in [-0.25, -0.2) is 9.78 Å². The van der Waals surface area contributed by atoms with E-state index < -0.39 is 19.6 Å². The van der Waals surface area contributed by atoms with Crippen LogP contribution in [-0.2, 0) is 28.3 Å². The number of carbonyl (C=O) groups excluding carboxylic acids is 1. The molecule has 7 heteroatoms. The molecule has 0 fully saturated rings. The summed E-state index contributed by atoms with van der Waals surface area (Å²) >= 11 is 0. The second kappa shape index (κ2) is 6.87. The number of aliphatic hydroxyl groups is 1. The molecule has 0 aliphatic carbocycles. The van der Waals surface area contributed by atoms with Crippen molar-refractivity contribution in [2.24, 2.45) is 0 Å². The number of carbonyl (C=O) groups is 1. The Labute approximate surface area is 194 Å². The van der Waals surface area contributed by atoms with Gasteiger partial charge < -0.3 is 14.4 Å². The van der Waals surface area contributed by atoms with Gasteiger partial charge in [0.2, 0.25) is 0 Å². The Balaban J connectivity index is 1.87. The molecular formula is C26H30N2O4Si. The molecule has 33 heavy (non-hydrogen) atoms. The number of benzene rings is 1. The Bertz CT molecular complexity index is 1400. The van der Waals surface area contributed by atoms with Crippen LogP contribution in [0.25, 0.3) is 22.3 Å². The number of ether oxygens (including phenoxy) is 1. The van der Waals surface area contributed by atoms with Crippen LogP contribution in [0.15, 0.2) is 35.1 Å². The summed E-state index contributed by atoms with van der Waals surface area (Å²) in [6.07, 6.45) is 0.134. The first-order valence-corrected chi connectivity index (χ1v) is 14.5. The number of hydrogen-bond donors (Lipinski definition) is 1. The van der Waals surface area contributed by atoms with E-state index in [-0.39, 0.29) is 23.6 Å². The van der Waals surface area contributed by atoms with E-state index >= 15 is 0 Å². The van der Waals surface area contributed by atoms with Crippen molar-refractivity contribution in [2.75, 3.05) is 0 Å². The van der Waals surface area contributed by atoms with Crippen molar-refractivity contribution < 1.29 is 14.6 Å². The number of aromatic nitrogens is 2. The van der Waals surface area contributed by atoms with E-state index in [9.17, 15) is 14.7 Å². The van der Waals surface area contributed by atoms with Crippen molar-refractivity contribution in [1.29, 1.82) is 0 Å². The maximum absolute atomic E-state index is 13.6. The van der Waals surface area contributed by atoms with Crippen molar-refractivity contribution in [3.05, 3.63) is 57.4 Å². The van der Waals surface area contributed by atoms with E-state index in [1.807, 2.05) is 18.2 Å². The van der Waals surface area contributed by atoms with Crippen LogP contribution in [0.5, 0.6) is 0 Å². The average molecular weight is 463 g/mol. The summed E-state index contributed by atoms with van der Waals surface area (Å²) in [6, 6.07) is 9.98. The number of nitrogens with zero attached hydrogens (tertiary/aromatic N) is 2. The number of para-hydroxylation sites is 1. The lowest BCUT2D eigenvalue weighted by molar-refractivity contribution is -0.172. The lowest BCUT2D eigenvalue weighted by Crippen LogP contribution is -2.51. The normalized spacial score (nSPS) is 19.8. The zero-order chi connectivity index (χ0) is 23.9. The first-order valence-electron chi connectivity index (χ1n) is 11.5. The van der Waals surface area contributed by atoms with E-state index in [1.165, 1.54) is 5.19 Å². The molecule has 1 aromatic carbocycles. The first-order chi connectivity index (χ1) is 15.4. The molecule has 2 aliphatic rings. The minimum absolute atomic E-state index is 0.0899. The van der Waals surface area contributed by atoms with E-state index in [0.717, 1.165) is 22.2 Å². The van der Waals surface area contributed by atoms with Gasteiger partial charge in [0.15, 0.2) is 5.60 Å². The highest BCUT2D eigenvalue weighted by Crippen LogP contribution is 2.42. The van der Waals surface area contributed by atoms with Crippen molar-refractivity contribution >= 4 is 30.1 Å². The summed E-state index contributed by atoms with van der Waals surface area (Å²) in [7, 11) is -2.02. The number of esters is 1. The van der Waals surface area contributed by atoms with E-state index in [0.29, 0.717) is 23.4 Å².